The average molecular weight is 515 g/mol. The van der Waals surface area contributed by atoms with Gasteiger partial charge in [-0.15, -0.1) is 0 Å². The fourth-order valence-corrected chi connectivity index (χ4v) is 8.84. The summed E-state index contributed by atoms with van der Waals surface area (Å²) in [6, 6.07) is 0. The highest BCUT2D eigenvalue weighted by molar-refractivity contribution is 6.16. The Bertz CT molecular complexity index is 1110. The van der Waals surface area contributed by atoms with Gasteiger partial charge >= 0.3 is 5.97 Å². The van der Waals surface area contributed by atoms with E-state index in [1.165, 1.54) is 6.92 Å². The number of aliphatic hydroxyl groups is 1. The molecular weight excluding hydrogens is 472 g/mol. The third-order valence-corrected chi connectivity index (χ3v) is 11.4. The minimum absolute atomic E-state index is 0.0521. The molecule has 0 aromatic carbocycles. The van der Waals surface area contributed by atoms with E-state index >= 15 is 0 Å². The zero-order chi connectivity index (χ0) is 27.9. The van der Waals surface area contributed by atoms with Gasteiger partial charge in [-0.25, -0.2) is 0 Å². The summed E-state index contributed by atoms with van der Waals surface area (Å²) in [5.41, 5.74) is -2.13. The Morgan fingerprint density at radius 2 is 1.57 bits per heavy atom. The molecule has 2 fully saturated rings. The normalized spacial score (nSPS) is 40.5. The van der Waals surface area contributed by atoms with Crippen LogP contribution in [-0.4, -0.2) is 45.4 Å². The molecule has 4 aliphatic carbocycles. The number of carboxylic acid groups (broad SMARTS) is 1. The monoisotopic (exact) mass is 514 g/mol. The number of ketones is 4. The number of aliphatic hydroxyl groups excluding tert-OH is 1. The second-order valence-electron chi connectivity index (χ2n) is 13.8. The van der Waals surface area contributed by atoms with E-state index in [0.717, 1.165) is 0 Å². The molecule has 0 aromatic rings. The molecule has 0 bridgehead atoms. The van der Waals surface area contributed by atoms with Gasteiger partial charge in [-0.1, -0.05) is 41.5 Å². The summed E-state index contributed by atoms with van der Waals surface area (Å²) < 4.78 is 0. The number of hydrogen-bond acceptors (Lipinski definition) is 6. The minimum Gasteiger partial charge on any atom is -0.481 e. The van der Waals surface area contributed by atoms with Gasteiger partial charge in [-0.2, -0.15) is 0 Å². The van der Waals surface area contributed by atoms with Crippen LogP contribution in [0.25, 0.3) is 0 Å². The van der Waals surface area contributed by atoms with Crippen LogP contribution >= 0.6 is 0 Å². The van der Waals surface area contributed by atoms with E-state index in [9.17, 15) is 29.1 Å². The quantitative estimate of drug-likeness (QED) is 0.540. The predicted octanol–water partition coefficient (Wildman–Crippen LogP) is 4.34. The second kappa shape index (κ2) is 8.69. The number of carbonyl (C=O) groups excluding carboxylic acids is 4. The molecule has 204 valence electrons. The Morgan fingerprint density at radius 3 is 2.16 bits per heavy atom. The molecule has 0 aromatic heterocycles. The molecule has 4 aliphatic rings. The van der Waals surface area contributed by atoms with E-state index < -0.39 is 39.7 Å². The smallest absolute Gasteiger partial charge is 0.306 e. The van der Waals surface area contributed by atoms with Gasteiger partial charge in [0.1, 0.15) is 11.6 Å². The molecule has 7 nitrogen and oxygen atoms in total. The number of rotatable bonds is 6. The molecule has 0 amide bonds. The Hall–Kier alpha value is -2.15. The molecule has 8 atom stereocenters. The molecule has 0 spiro atoms. The minimum atomic E-state index is -1.11. The first-order valence-corrected chi connectivity index (χ1v) is 13.7. The number of carbonyl (C=O) groups is 5. The lowest BCUT2D eigenvalue weighted by Gasteiger charge is -2.60. The molecule has 37 heavy (non-hydrogen) atoms. The van der Waals surface area contributed by atoms with Crippen molar-refractivity contribution in [1.29, 1.82) is 0 Å². The molecule has 7 heteroatoms. The average Bonchev–Trinajstić information content (AvgIpc) is 2.99. The lowest BCUT2D eigenvalue weighted by atomic mass is 9.42. The number of aliphatic carboxylic acids is 1. The van der Waals surface area contributed by atoms with Gasteiger partial charge in [0.2, 0.25) is 0 Å². The zero-order valence-electron chi connectivity index (χ0n) is 23.3. The van der Waals surface area contributed by atoms with Crippen LogP contribution in [0.2, 0.25) is 0 Å². The van der Waals surface area contributed by atoms with Crippen LogP contribution in [0.4, 0.5) is 0 Å². The Morgan fingerprint density at radius 1 is 0.946 bits per heavy atom. The second-order valence-corrected chi connectivity index (χ2v) is 13.8. The van der Waals surface area contributed by atoms with Crippen molar-refractivity contribution in [2.24, 2.45) is 45.3 Å². The molecular formula is C30H42O7. The number of Topliss-reactive ketones (excluding diaryl/α,β-unsaturated/α-hetero) is 4. The standard InChI is InChI=1S/C30H42O7/c1-15(10-17(31)11-16(2)26(36)37)18-12-23(35)30(7)25-19(32)13-21-27(3,4)22(34)8-9-28(21,5)24(25)20(33)14-29(18,30)6/h15-16,18,21-22,34H,8-14H2,1-7H3,(H,36,37)/t15-,16+,18-,21+,22+,28+,29-,30+/m1/s1. The van der Waals surface area contributed by atoms with Gasteiger partial charge in [0.25, 0.3) is 0 Å². The summed E-state index contributed by atoms with van der Waals surface area (Å²) in [5, 5.41) is 19.9. The van der Waals surface area contributed by atoms with Gasteiger partial charge in [0, 0.05) is 48.7 Å². The third-order valence-electron chi connectivity index (χ3n) is 11.4. The Balaban J connectivity index is 1.75. The van der Waals surface area contributed by atoms with Crippen LogP contribution in [0.1, 0.15) is 93.4 Å². The lowest BCUT2D eigenvalue weighted by molar-refractivity contribution is -0.145. The SMILES string of the molecule is C[C@H](CC(=O)C[C@H](C)C(=O)O)[C@H]1CC(=O)[C@@]2(C)C3=C(C(=O)C[C@]12C)[C@@]1(C)CC[C@H](O)C(C)(C)[C@@H]1CC3=O. The maximum absolute atomic E-state index is 14.0. The van der Waals surface area contributed by atoms with E-state index in [1.54, 1.807) is 0 Å². The summed E-state index contributed by atoms with van der Waals surface area (Å²) in [6.07, 6.45) is 1.19. The summed E-state index contributed by atoms with van der Waals surface area (Å²) in [7, 11) is 0. The van der Waals surface area contributed by atoms with E-state index in [-0.39, 0.29) is 73.0 Å². The van der Waals surface area contributed by atoms with Crippen molar-refractivity contribution in [1.82, 2.24) is 0 Å². The number of carboxylic acids is 1. The van der Waals surface area contributed by atoms with E-state index in [2.05, 4.69) is 0 Å². The summed E-state index contributed by atoms with van der Waals surface area (Å²) in [6.45, 7) is 13.2. The van der Waals surface area contributed by atoms with Crippen LogP contribution < -0.4 is 0 Å². The first-order valence-electron chi connectivity index (χ1n) is 13.7. The maximum Gasteiger partial charge on any atom is 0.306 e. The van der Waals surface area contributed by atoms with Crippen molar-refractivity contribution in [3.8, 4) is 0 Å². The van der Waals surface area contributed by atoms with Gasteiger partial charge in [0.15, 0.2) is 11.6 Å². The topological polar surface area (TPSA) is 126 Å². The van der Waals surface area contributed by atoms with Crippen molar-refractivity contribution in [2.75, 3.05) is 0 Å². The Labute approximate surface area is 219 Å². The largest absolute Gasteiger partial charge is 0.481 e. The maximum atomic E-state index is 14.0. The van der Waals surface area contributed by atoms with Gasteiger partial charge < -0.3 is 10.2 Å². The van der Waals surface area contributed by atoms with Crippen LogP contribution in [-0.2, 0) is 24.0 Å². The third kappa shape index (κ3) is 3.74. The highest BCUT2D eigenvalue weighted by Gasteiger charge is 2.70. The molecule has 0 heterocycles. The van der Waals surface area contributed by atoms with E-state index in [0.29, 0.717) is 24.0 Å². The van der Waals surface area contributed by atoms with Crippen molar-refractivity contribution in [2.45, 2.75) is 99.5 Å². The fraction of sp³-hybridized carbons (Fsp3) is 0.767. The Kier molecular flexibility index (Phi) is 6.54. The molecule has 0 radical (unpaired) electrons. The highest BCUT2D eigenvalue weighted by atomic mass is 16.4. The number of hydrogen-bond donors (Lipinski definition) is 2. The molecule has 0 saturated heterocycles. The summed E-state index contributed by atoms with van der Waals surface area (Å²) >= 11 is 0. The lowest BCUT2D eigenvalue weighted by Crippen LogP contribution is -2.59. The molecule has 2 N–H and O–H groups in total. The molecule has 0 unspecified atom stereocenters. The van der Waals surface area contributed by atoms with Gasteiger partial charge in [-0.05, 0) is 48.3 Å². The zero-order valence-corrected chi connectivity index (χ0v) is 23.3. The van der Waals surface area contributed by atoms with E-state index in [1.807, 2.05) is 41.5 Å². The van der Waals surface area contributed by atoms with E-state index in [4.69, 9.17) is 5.11 Å². The van der Waals surface area contributed by atoms with Crippen molar-refractivity contribution >= 4 is 29.1 Å². The van der Waals surface area contributed by atoms with Gasteiger partial charge in [0.05, 0.1) is 17.4 Å². The first-order chi connectivity index (χ1) is 16.9. The predicted molar refractivity (Wildman–Crippen MR) is 136 cm³/mol. The van der Waals surface area contributed by atoms with Crippen molar-refractivity contribution in [3.05, 3.63) is 11.1 Å². The number of allylic oxidation sites excluding steroid dienone is 2. The highest BCUT2D eigenvalue weighted by Crippen LogP contribution is 2.70. The molecule has 2 saturated carbocycles. The van der Waals surface area contributed by atoms with Crippen LogP contribution in [0, 0.1) is 45.3 Å². The number of fused-ring (bicyclic) bond motifs is 4. The molecule has 0 aliphatic heterocycles. The van der Waals surface area contributed by atoms with Crippen LogP contribution in [0.3, 0.4) is 0 Å². The van der Waals surface area contributed by atoms with Gasteiger partial charge in [-0.3, -0.25) is 24.0 Å². The van der Waals surface area contributed by atoms with Crippen molar-refractivity contribution in [3.63, 3.8) is 0 Å². The fourth-order valence-electron chi connectivity index (χ4n) is 8.84. The summed E-state index contributed by atoms with van der Waals surface area (Å²) in [5.74, 6) is -2.94. The summed E-state index contributed by atoms with van der Waals surface area (Å²) in [4.78, 5) is 65.6. The van der Waals surface area contributed by atoms with Crippen LogP contribution in [0.5, 0.6) is 0 Å². The van der Waals surface area contributed by atoms with Crippen molar-refractivity contribution < 1.29 is 34.2 Å². The first kappa shape index (κ1) is 27.9. The van der Waals surface area contributed by atoms with Crippen LogP contribution in [0.15, 0.2) is 11.1 Å². The molecule has 4 rings (SSSR count).